The van der Waals surface area contributed by atoms with Gasteiger partial charge in [-0.2, -0.15) is 5.10 Å². The number of aromatic nitrogens is 3. The number of aryl methyl sites for hydroxylation is 1. The maximum Gasteiger partial charge on any atom is 0.138 e. The monoisotopic (exact) mass is 248 g/mol. The molecule has 0 aliphatic rings. The Morgan fingerprint density at radius 2 is 2.22 bits per heavy atom. The summed E-state index contributed by atoms with van der Waals surface area (Å²) in [6.07, 6.45) is 3.89. The van der Waals surface area contributed by atoms with Crippen LogP contribution in [0.2, 0.25) is 0 Å². The minimum Gasteiger partial charge on any atom is -0.467 e. The number of rotatable bonds is 5. The van der Waals surface area contributed by atoms with Crippen molar-refractivity contribution >= 4 is 0 Å². The normalized spacial score (nSPS) is 13.2. The van der Waals surface area contributed by atoms with Crippen LogP contribution in [0.5, 0.6) is 0 Å². The SMILES string of the molecule is Cc1ccoc1C(N)Cc1ncnn1CC(C)C. The molecular weight excluding hydrogens is 228 g/mol. The first-order valence-corrected chi connectivity index (χ1v) is 6.24. The van der Waals surface area contributed by atoms with Crippen molar-refractivity contribution in [3.63, 3.8) is 0 Å². The van der Waals surface area contributed by atoms with Crippen LogP contribution in [0.25, 0.3) is 0 Å². The van der Waals surface area contributed by atoms with E-state index in [1.165, 1.54) is 0 Å². The van der Waals surface area contributed by atoms with Crippen LogP contribution in [0.1, 0.15) is 37.0 Å². The molecule has 2 N–H and O–H groups in total. The second-order valence-corrected chi connectivity index (χ2v) is 5.03. The van der Waals surface area contributed by atoms with Crippen molar-refractivity contribution in [2.75, 3.05) is 0 Å². The van der Waals surface area contributed by atoms with E-state index in [0.717, 1.165) is 23.7 Å². The van der Waals surface area contributed by atoms with Gasteiger partial charge in [-0.05, 0) is 24.5 Å². The lowest BCUT2D eigenvalue weighted by Crippen LogP contribution is -2.18. The Morgan fingerprint density at radius 1 is 1.44 bits per heavy atom. The van der Waals surface area contributed by atoms with Crippen LogP contribution in [0.4, 0.5) is 0 Å². The summed E-state index contributed by atoms with van der Waals surface area (Å²) in [7, 11) is 0. The molecule has 0 spiro atoms. The summed E-state index contributed by atoms with van der Waals surface area (Å²) in [5, 5.41) is 4.23. The summed E-state index contributed by atoms with van der Waals surface area (Å²) >= 11 is 0. The van der Waals surface area contributed by atoms with E-state index >= 15 is 0 Å². The highest BCUT2D eigenvalue weighted by Gasteiger charge is 2.16. The molecule has 0 amide bonds. The molecule has 0 saturated carbocycles. The fourth-order valence-corrected chi connectivity index (χ4v) is 2.00. The first-order chi connectivity index (χ1) is 8.58. The van der Waals surface area contributed by atoms with Gasteiger partial charge in [0.05, 0.1) is 12.3 Å². The standard InChI is InChI=1S/C13H20N4O/c1-9(2)7-17-12(15-8-16-17)6-11(14)13-10(3)4-5-18-13/h4-5,8-9,11H,6-7,14H2,1-3H3. The quantitative estimate of drug-likeness (QED) is 0.879. The molecule has 0 radical (unpaired) electrons. The number of furan rings is 1. The van der Waals surface area contributed by atoms with Gasteiger partial charge in [0.1, 0.15) is 17.9 Å². The second-order valence-electron chi connectivity index (χ2n) is 5.03. The summed E-state index contributed by atoms with van der Waals surface area (Å²) in [6.45, 7) is 7.17. The van der Waals surface area contributed by atoms with Crippen LogP contribution < -0.4 is 5.73 Å². The molecule has 5 nitrogen and oxygen atoms in total. The van der Waals surface area contributed by atoms with Crippen molar-refractivity contribution in [2.24, 2.45) is 11.7 Å². The van der Waals surface area contributed by atoms with E-state index in [1.807, 2.05) is 17.7 Å². The van der Waals surface area contributed by atoms with E-state index in [2.05, 4.69) is 23.9 Å². The molecule has 2 aromatic rings. The van der Waals surface area contributed by atoms with E-state index in [4.69, 9.17) is 10.2 Å². The summed E-state index contributed by atoms with van der Waals surface area (Å²) in [6, 6.07) is 1.75. The number of hydrogen-bond donors (Lipinski definition) is 1. The van der Waals surface area contributed by atoms with Crippen LogP contribution in [-0.4, -0.2) is 14.8 Å². The highest BCUT2D eigenvalue weighted by Crippen LogP contribution is 2.19. The van der Waals surface area contributed by atoms with Gasteiger partial charge in [-0.15, -0.1) is 0 Å². The molecule has 0 bridgehead atoms. The van der Waals surface area contributed by atoms with Gasteiger partial charge >= 0.3 is 0 Å². The maximum atomic E-state index is 6.16. The Hall–Kier alpha value is -1.62. The summed E-state index contributed by atoms with van der Waals surface area (Å²) in [5.41, 5.74) is 7.24. The van der Waals surface area contributed by atoms with Crippen molar-refractivity contribution in [3.8, 4) is 0 Å². The maximum absolute atomic E-state index is 6.16. The average molecular weight is 248 g/mol. The number of hydrogen-bond acceptors (Lipinski definition) is 4. The van der Waals surface area contributed by atoms with Crippen LogP contribution in [0, 0.1) is 12.8 Å². The van der Waals surface area contributed by atoms with Gasteiger partial charge < -0.3 is 10.2 Å². The molecule has 0 aliphatic carbocycles. The Kier molecular flexibility index (Phi) is 3.81. The molecule has 0 aromatic carbocycles. The third kappa shape index (κ3) is 2.79. The lowest BCUT2D eigenvalue weighted by Gasteiger charge is -2.12. The zero-order chi connectivity index (χ0) is 13.1. The molecule has 2 rings (SSSR count). The van der Waals surface area contributed by atoms with Gasteiger partial charge in [0.2, 0.25) is 0 Å². The lowest BCUT2D eigenvalue weighted by atomic mass is 10.1. The van der Waals surface area contributed by atoms with Gasteiger partial charge in [0.25, 0.3) is 0 Å². The molecule has 2 heterocycles. The van der Waals surface area contributed by atoms with E-state index < -0.39 is 0 Å². The molecule has 1 atom stereocenters. The highest BCUT2D eigenvalue weighted by molar-refractivity contribution is 5.18. The Labute approximate surface area is 107 Å². The summed E-state index contributed by atoms with van der Waals surface area (Å²) in [4.78, 5) is 4.28. The predicted molar refractivity (Wildman–Crippen MR) is 68.9 cm³/mol. The van der Waals surface area contributed by atoms with Crippen LogP contribution in [0.15, 0.2) is 23.1 Å². The fourth-order valence-electron chi connectivity index (χ4n) is 2.00. The van der Waals surface area contributed by atoms with Gasteiger partial charge in [-0.25, -0.2) is 9.67 Å². The summed E-state index contributed by atoms with van der Waals surface area (Å²) < 4.78 is 7.33. The fraction of sp³-hybridized carbons (Fsp3) is 0.538. The minimum absolute atomic E-state index is 0.171. The Balaban J connectivity index is 2.10. The van der Waals surface area contributed by atoms with Crippen LogP contribution in [0.3, 0.4) is 0 Å². The smallest absolute Gasteiger partial charge is 0.138 e. The minimum atomic E-state index is -0.171. The second kappa shape index (κ2) is 5.35. The molecule has 1 unspecified atom stereocenters. The zero-order valence-electron chi connectivity index (χ0n) is 11.1. The first kappa shape index (κ1) is 12.8. The van der Waals surface area contributed by atoms with E-state index in [-0.39, 0.29) is 6.04 Å². The molecular formula is C13H20N4O. The number of nitrogens with zero attached hydrogens (tertiary/aromatic N) is 3. The Morgan fingerprint density at radius 3 is 2.83 bits per heavy atom. The van der Waals surface area contributed by atoms with Crippen molar-refractivity contribution in [1.82, 2.24) is 14.8 Å². The third-order valence-corrected chi connectivity index (χ3v) is 2.87. The first-order valence-electron chi connectivity index (χ1n) is 6.24. The molecule has 0 aliphatic heterocycles. The largest absolute Gasteiger partial charge is 0.467 e. The van der Waals surface area contributed by atoms with Crippen LogP contribution in [-0.2, 0) is 13.0 Å². The zero-order valence-corrected chi connectivity index (χ0v) is 11.1. The van der Waals surface area contributed by atoms with E-state index in [9.17, 15) is 0 Å². The van der Waals surface area contributed by atoms with Gasteiger partial charge in [-0.3, -0.25) is 0 Å². The van der Waals surface area contributed by atoms with Crippen molar-refractivity contribution < 1.29 is 4.42 Å². The van der Waals surface area contributed by atoms with Crippen LogP contribution >= 0.6 is 0 Å². The summed E-state index contributed by atoms with van der Waals surface area (Å²) in [5.74, 6) is 2.27. The lowest BCUT2D eigenvalue weighted by molar-refractivity contribution is 0.432. The molecule has 0 fully saturated rings. The Bertz CT molecular complexity index is 501. The topological polar surface area (TPSA) is 69.9 Å². The van der Waals surface area contributed by atoms with Gasteiger partial charge in [0.15, 0.2) is 0 Å². The van der Waals surface area contributed by atoms with E-state index in [0.29, 0.717) is 12.3 Å². The highest BCUT2D eigenvalue weighted by atomic mass is 16.3. The molecule has 18 heavy (non-hydrogen) atoms. The third-order valence-electron chi connectivity index (χ3n) is 2.87. The van der Waals surface area contributed by atoms with E-state index in [1.54, 1.807) is 12.6 Å². The predicted octanol–water partition coefficient (Wildman–Crippen LogP) is 2.08. The average Bonchev–Trinajstić information content (AvgIpc) is 2.88. The molecule has 5 heteroatoms. The van der Waals surface area contributed by atoms with Crippen molar-refractivity contribution in [3.05, 3.63) is 35.8 Å². The molecule has 0 saturated heterocycles. The van der Waals surface area contributed by atoms with Gasteiger partial charge in [-0.1, -0.05) is 13.8 Å². The molecule has 98 valence electrons. The van der Waals surface area contributed by atoms with Crippen molar-refractivity contribution in [1.29, 1.82) is 0 Å². The molecule has 2 aromatic heterocycles. The number of nitrogens with two attached hydrogens (primary N) is 1. The van der Waals surface area contributed by atoms with Crippen molar-refractivity contribution in [2.45, 2.75) is 39.8 Å². The van der Waals surface area contributed by atoms with Gasteiger partial charge in [0, 0.05) is 13.0 Å².